The molecule has 0 aliphatic carbocycles. The Kier molecular flexibility index (Phi) is 7.36. The Bertz CT molecular complexity index is 854. The van der Waals surface area contributed by atoms with Crippen LogP contribution in [0.4, 0.5) is 0 Å². The van der Waals surface area contributed by atoms with Crippen molar-refractivity contribution in [1.29, 1.82) is 0 Å². The normalized spacial score (nSPS) is 18.3. The van der Waals surface area contributed by atoms with Gasteiger partial charge in [0, 0.05) is 24.0 Å². The molecule has 1 heterocycles. The summed E-state index contributed by atoms with van der Waals surface area (Å²) >= 11 is 11.9. The summed E-state index contributed by atoms with van der Waals surface area (Å²) in [6, 6.07) is 4.28. The molecule has 1 fully saturated rings. The van der Waals surface area contributed by atoms with Gasteiger partial charge in [-0.05, 0) is 44.4 Å². The fraction of sp³-hybridized carbons (Fsp3) is 0.556. The Labute approximate surface area is 175 Å². The van der Waals surface area contributed by atoms with Crippen molar-refractivity contribution in [3.8, 4) is 0 Å². The maximum Gasteiger partial charge on any atom is 0.331 e. The fourth-order valence-corrected chi connectivity index (χ4v) is 5.26. The van der Waals surface area contributed by atoms with Crippen molar-refractivity contribution < 1.29 is 22.7 Å². The van der Waals surface area contributed by atoms with Gasteiger partial charge in [0.25, 0.3) is 0 Å². The van der Waals surface area contributed by atoms with Crippen LogP contribution in [0.25, 0.3) is 0 Å². The second kappa shape index (κ2) is 8.98. The first-order valence-electron chi connectivity index (χ1n) is 8.90. The lowest BCUT2D eigenvalue weighted by molar-refractivity contribution is -0.151. The van der Waals surface area contributed by atoms with Crippen molar-refractivity contribution in [2.24, 2.45) is 5.92 Å². The highest BCUT2D eigenvalue weighted by Crippen LogP contribution is 2.30. The van der Waals surface area contributed by atoms with E-state index in [1.54, 1.807) is 13.8 Å². The Morgan fingerprint density at radius 3 is 2.43 bits per heavy atom. The number of methoxy groups -OCH3 is 1. The number of hydrogen-bond acceptors (Lipinski definition) is 5. The van der Waals surface area contributed by atoms with Gasteiger partial charge in [0.1, 0.15) is 10.4 Å². The third-order valence-electron chi connectivity index (χ3n) is 5.08. The number of ether oxygens (including phenoxy) is 1. The van der Waals surface area contributed by atoms with E-state index in [1.807, 2.05) is 0 Å². The zero-order valence-electron chi connectivity index (χ0n) is 16.0. The monoisotopic (exact) mass is 450 g/mol. The lowest BCUT2D eigenvalue weighted by Crippen LogP contribution is -2.55. The maximum atomic E-state index is 12.9. The van der Waals surface area contributed by atoms with Crippen LogP contribution in [0.2, 0.25) is 10.0 Å². The SMILES string of the molecule is CCC(C)(NC(=O)C1CCN(S(=O)(=O)c2cc(Cl)ccc2Cl)CC1)C(=O)OC. The molecule has 1 N–H and O–H groups in total. The van der Waals surface area contributed by atoms with Crippen LogP contribution in [-0.2, 0) is 24.3 Å². The van der Waals surface area contributed by atoms with Crippen LogP contribution in [0.5, 0.6) is 0 Å². The van der Waals surface area contributed by atoms with Gasteiger partial charge in [-0.1, -0.05) is 30.1 Å². The first kappa shape index (κ1) is 22.9. The van der Waals surface area contributed by atoms with Gasteiger partial charge in [-0.25, -0.2) is 13.2 Å². The van der Waals surface area contributed by atoms with Crippen LogP contribution in [0.15, 0.2) is 23.1 Å². The van der Waals surface area contributed by atoms with E-state index < -0.39 is 27.4 Å². The number of nitrogens with zero attached hydrogens (tertiary/aromatic N) is 1. The van der Waals surface area contributed by atoms with Crippen molar-refractivity contribution >= 4 is 45.1 Å². The molecule has 0 bridgehead atoms. The predicted molar refractivity (Wildman–Crippen MR) is 107 cm³/mol. The van der Waals surface area contributed by atoms with Gasteiger partial charge in [-0.2, -0.15) is 4.31 Å². The smallest absolute Gasteiger partial charge is 0.331 e. The number of carbonyl (C=O) groups excluding carboxylic acids is 2. The van der Waals surface area contributed by atoms with Crippen LogP contribution in [0.3, 0.4) is 0 Å². The highest BCUT2D eigenvalue weighted by molar-refractivity contribution is 7.89. The molecular formula is C18H24Cl2N2O5S. The molecule has 156 valence electrons. The summed E-state index contributed by atoms with van der Waals surface area (Å²) in [5.41, 5.74) is -1.11. The van der Waals surface area contributed by atoms with E-state index >= 15 is 0 Å². The van der Waals surface area contributed by atoms with Gasteiger partial charge in [-0.15, -0.1) is 0 Å². The Morgan fingerprint density at radius 1 is 1.29 bits per heavy atom. The van der Waals surface area contributed by atoms with Crippen molar-refractivity contribution in [2.75, 3.05) is 20.2 Å². The topological polar surface area (TPSA) is 92.8 Å². The lowest BCUT2D eigenvalue weighted by atomic mass is 9.93. The number of nitrogens with one attached hydrogen (secondary N) is 1. The summed E-state index contributed by atoms with van der Waals surface area (Å²) in [5, 5.41) is 3.12. The number of amides is 1. The van der Waals surface area contributed by atoms with Crippen LogP contribution in [0, 0.1) is 5.92 Å². The number of sulfonamides is 1. The predicted octanol–water partition coefficient (Wildman–Crippen LogP) is 2.85. The van der Waals surface area contributed by atoms with E-state index in [1.165, 1.54) is 29.6 Å². The van der Waals surface area contributed by atoms with Crippen LogP contribution < -0.4 is 5.32 Å². The summed E-state index contributed by atoms with van der Waals surface area (Å²) in [6.07, 6.45) is 1.06. The summed E-state index contributed by atoms with van der Waals surface area (Å²) in [5.74, 6) is -1.19. The highest BCUT2D eigenvalue weighted by atomic mass is 35.5. The van der Waals surface area contributed by atoms with E-state index in [2.05, 4.69) is 5.32 Å². The highest BCUT2D eigenvalue weighted by Gasteiger charge is 2.38. The van der Waals surface area contributed by atoms with Gasteiger partial charge in [0.2, 0.25) is 15.9 Å². The number of piperidine rings is 1. The molecule has 2 rings (SSSR count). The molecule has 1 aliphatic rings. The molecular weight excluding hydrogens is 427 g/mol. The third-order valence-corrected chi connectivity index (χ3v) is 7.69. The molecule has 1 amide bonds. The molecule has 0 saturated carbocycles. The average Bonchev–Trinajstić information content (AvgIpc) is 2.68. The maximum absolute atomic E-state index is 12.9. The van der Waals surface area contributed by atoms with E-state index in [0.717, 1.165) is 0 Å². The molecule has 1 saturated heterocycles. The summed E-state index contributed by atoms with van der Waals surface area (Å²) in [7, 11) is -2.54. The number of hydrogen-bond donors (Lipinski definition) is 1. The number of benzene rings is 1. The summed E-state index contributed by atoms with van der Waals surface area (Å²) < 4.78 is 31.8. The molecule has 1 unspecified atom stereocenters. The molecule has 1 aromatic carbocycles. The third kappa shape index (κ3) is 4.79. The molecule has 1 aromatic rings. The zero-order chi connectivity index (χ0) is 21.1. The largest absolute Gasteiger partial charge is 0.467 e. The van der Waals surface area contributed by atoms with E-state index in [9.17, 15) is 18.0 Å². The molecule has 0 spiro atoms. The molecule has 1 atom stereocenters. The van der Waals surface area contributed by atoms with E-state index in [-0.39, 0.29) is 33.9 Å². The molecule has 7 nitrogen and oxygen atoms in total. The minimum atomic E-state index is -3.81. The van der Waals surface area contributed by atoms with Crippen LogP contribution >= 0.6 is 23.2 Å². The number of carbonyl (C=O) groups is 2. The van der Waals surface area contributed by atoms with Gasteiger partial charge in [0.15, 0.2) is 0 Å². The van der Waals surface area contributed by atoms with Gasteiger partial charge >= 0.3 is 5.97 Å². The summed E-state index contributed by atoms with van der Waals surface area (Å²) in [6.45, 7) is 3.73. The minimum Gasteiger partial charge on any atom is -0.467 e. The van der Waals surface area contributed by atoms with Gasteiger partial charge in [-0.3, -0.25) is 4.79 Å². The Balaban J connectivity index is 2.07. The van der Waals surface area contributed by atoms with Gasteiger partial charge < -0.3 is 10.1 Å². The number of halogens is 2. The molecule has 28 heavy (non-hydrogen) atoms. The second-order valence-electron chi connectivity index (χ2n) is 6.92. The van der Waals surface area contributed by atoms with Crippen molar-refractivity contribution in [3.63, 3.8) is 0 Å². The Morgan fingerprint density at radius 2 is 1.89 bits per heavy atom. The summed E-state index contributed by atoms with van der Waals surface area (Å²) in [4.78, 5) is 24.5. The molecule has 10 heteroatoms. The number of esters is 1. The van der Waals surface area contributed by atoms with Crippen molar-refractivity contribution in [1.82, 2.24) is 9.62 Å². The Hall–Kier alpha value is -1.35. The van der Waals surface area contributed by atoms with Crippen LogP contribution in [-0.4, -0.2) is 50.3 Å². The molecule has 0 aromatic heterocycles. The van der Waals surface area contributed by atoms with E-state index in [4.69, 9.17) is 27.9 Å². The standard InChI is InChI=1S/C18H24Cl2N2O5S/c1-4-18(2,17(24)27-3)21-16(23)12-7-9-22(10-8-12)28(25,26)15-11-13(19)5-6-14(15)20/h5-6,11-12H,4,7-10H2,1-3H3,(H,21,23). The lowest BCUT2D eigenvalue weighted by Gasteiger charge is -2.33. The zero-order valence-corrected chi connectivity index (χ0v) is 18.3. The van der Waals surface area contributed by atoms with E-state index in [0.29, 0.717) is 19.3 Å². The first-order chi connectivity index (χ1) is 13.0. The number of rotatable bonds is 6. The first-order valence-corrected chi connectivity index (χ1v) is 11.1. The second-order valence-corrected chi connectivity index (χ2v) is 9.67. The quantitative estimate of drug-likeness (QED) is 0.672. The molecule has 1 aliphatic heterocycles. The van der Waals surface area contributed by atoms with Gasteiger partial charge in [0.05, 0.1) is 12.1 Å². The van der Waals surface area contributed by atoms with Crippen molar-refractivity contribution in [2.45, 2.75) is 43.5 Å². The van der Waals surface area contributed by atoms with Crippen LogP contribution in [0.1, 0.15) is 33.1 Å². The minimum absolute atomic E-state index is 0.0474. The molecule has 0 radical (unpaired) electrons. The fourth-order valence-electron chi connectivity index (χ4n) is 3.06. The van der Waals surface area contributed by atoms with Crippen molar-refractivity contribution in [3.05, 3.63) is 28.2 Å². The average molecular weight is 451 g/mol.